The van der Waals surface area contributed by atoms with E-state index < -0.39 is 0 Å². The highest BCUT2D eigenvalue weighted by molar-refractivity contribution is 8.06. The van der Waals surface area contributed by atoms with Gasteiger partial charge in [0.1, 0.15) is 0 Å². The lowest BCUT2D eigenvalue weighted by Gasteiger charge is -2.28. The van der Waals surface area contributed by atoms with Crippen LogP contribution >= 0.6 is 23.5 Å². The summed E-state index contributed by atoms with van der Waals surface area (Å²) < 4.78 is 0. The molecule has 1 aromatic rings. The van der Waals surface area contributed by atoms with Gasteiger partial charge in [-0.25, -0.2) is 0 Å². The Hall–Kier alpha value is -0.230. The predicted molar refractivity (Wildman–Crippen MR) is 82.0 cm³/mol. The summed E-state index contributed by atoms with van der Waals surface area (Å²) in [5.74, 6) is 9.39. The average Bonchev–Trinajstić information content (AvgIpc) is 2.46. The standard InChI is InChI=1S/C13H21N3S2/c1-2-10-3-4-11(15-8-10)7-12(16-14)13-9-17-5-6-18-13/h3-4,8,12-13,16H,2,5-7,9,14H2,1H3. The van der Waals surface area contributed by atoms with E-state index in [-0.39, 0.29) is 0 Å². The van der Waals surface area contributed by atoms with E-state index in [4.69, 9.17) is 5.84 Å². The summed E-state index contributed by atoms with van der Waals surface area (Å²) in [6, 6.07) is 4.62. The van der Waals surface area contributed by atoms with Crippen LogP contribution < -0.4 is 11.3 Å². The van der Waals surface area contributed by atoms with Crippen LogP contribution in [0, 0.1) is 0 Å². The first-order valence-electron chi connectivity index (χ1n) is 6.42. The molecule has 1 aliphatic heterocycles. The molecule has 2 unspecified atom stereocenters. The van der Waals surface area contributed by atoms with Crippen molar-refractivity contribution < 1.29 is 0 Å². The number of nitrogens with zero attached hydrogens (tertiary/aromatic N) is 1. The Bertz CT molecular complexity index is 350. The minimum absolute atomic E-state index is 0.322. The molecule has 2 atom stereocenters. The van der Waals surface area contributed by atoms with Gasteiger partial charge in [0.25, 0.3) is 0 Å². The highest BCUT2D eigenvalue weighted by Crippen LogP contribution is 2.27. The molecular weight excluding hydrogens is 262 g/mol. The van der Waals surface area contributed by atoms with Crippen molar-refractivity contribution in [2.75, 3.05) is 17.3 Å². The molecule has 1 aliphatic rings. The number of rotatable bonds is 5. The second-order valence-electron chi connectivity index (χ2n) is 4.47. The van der Waals surface area contributed by atoms with Crippen molar-refractivity contribution in [3.63, 3.8) is 0 Å². The Labute approximate surface area is 118 Å². The zero-order valence-electron chi connectivity index (χ0n) is 10.8. The van der Waals surface area contributed by atoms with E-state index in [0.717, 1.165) is 18.5 Å². The molecule has 0 aromatic carbocycles. The van der Waals surface area contributed by atoms with Gasteiger partial charge in [-0.3, -0.25) is 16.3 Å². The lowest BCUT2D eigenvalue weighted by molar-refractivity contribution is 0.518. The van der Waals surface area contributed by atoms with Crippen LogP contribution in [0.15, 0.2) is 18.3 Å². The maximum Gasteiger partial charge on any atom is 0.0420 e. The van der Waals surface area contributed by atoms with Gasteiger partial charge < -0.3 is 0 Å². The van der Waals surface area contributed by atoms with Crippen molar-refractivity contribution in [2.45, 2.75) is 31.1 Å². The van der Waals surface area contributed by atoms with Gasteiger partial charge in [-0.05, 0) is 18.1 Å². The average molecular weight is 283 g/mol. The van der Waals surface area contributed by atoms with Crippen molar-refractivity contribution in [2.24, 2.45) is 5.84 Å². The van der Waals surface area contributed by atoms with E-state index in [1.165, 1.54) is 22.8 Å². The summed E-state index contributed by atoms with van der Waals surface area (Å²) in [4.78, 5) is 4.52. The summed E-state index contributed by atoms with van der Waals surface area (Å²) in [5.41, 5.74) is 5.40. The Kier molecular flexibility index (Phi) is 5.82. The second kappa shape index (κ2) is 7.38. The fraction of sp³-hybridized carbons (Fsp3) is 0.615. The van der Waals surface area contributed by atoms with Crippen LogP contribution in [0.1, 0.15) is 18.2 Å². The van der Waals surface area contributed by atoms with Crippen LogP contribution in [-0.2, 0) is 12.8 Å². The SMILES string of the molecule is CCc1ccc(CC(NN)C2CSCCS2)nc1. The Morgan fingerprint density at radius 2 is 2.39 bits per heavy atom. The first-order chi connectivity index (χ1) is 8.83. The molecule has 0 aliphatic carbocycles. The van der Waals surface area contributed by atoms with Gasteiger partial charge in [-0.2, -0.15) is 23.5 Å². The van der Waals surface area contributed by atoms with Gasteiger partial charge in [-0.15, -0.1) is 0 Å². The number of hydrogen-bond acceptors (Lipinski definition) is 5. The van der Waals surface area contributed by atoms with Crippen molar-refractivity contribution in [1.29, 1.82) is 0 Å². The third kappa shape index (κ3) is 3.88. The number of aryl methyl sites for hydroxylation is 1. The maximum atomic E-state index is 5.71. The fourth-order valence-electron chi connectivity index (χ4n) is 2.05. The quantitative estimate of drug-likeness (QED) is 0.638. The fourth-order valence-corrected chi connectivity index (χ4v) is 4.92. The van der Waals surface area contributed by atoms with Crippen molar-refractivity contribution in [3.05, 3.63) is 29.6 Å². The van der Waals surface area contributed by atoms with Crippen LogP contribution in [0.3, 0.4) is 0 Å². The number of hydrogen-bond donors (Lipinski definition) is 2. The molecule has 1 saturated heterocycles. The molecule has 5 heteroatoms. The number of nitrogens with two attached hydrogens (primary N) is 1. The molecule has 0 bridgehead atoms. The molecule has 1 fully saturated rings. The molecule has 18 heavy (non-hydrogen) atoms. The molecular formula is C13H21N3S2. The van der Waals surface area contributed by atoms with Crippen molar-refractivity contribution in [1.82, 2.24) is 10.4 Å². The summed E-state index contributed by atoms with van der Waals surface area (Å²) in [7, 11) is 0. The molecule has 1 aromatic heterocycles. The highest BCUT2D eigenvalue weighted by Gasteiger charge is 2.24. The van der Waals surface area contributed by atoms with E-state index >= 15 is 0 Å². The zero-order chi connectivity index (χ0) is 12.8. The largest absolute Gasteiger partial charge is 0.271 e. The minimum Gasteiger partial charge on any atom is -0.271 e. The number of nitrogens with one attached hydrogen (secondary N) is 1. The number of aromatic nitrogens is 1. The van der Waals surface area contributed by atoms with Crippen LogP contribution in [-0.4, -0.2) is 33.5 Å². The first kappa shape index (κ1) is 14.2. The first-order valence-corrected chi connectivity index (χ1v) is 8.63. The number of hydrazine groups is 1. The second-order valence-corrected chi connectivity index (χ2v) is 6.97. The highest BCUT2D eigenvalue weighted by atomic mass is 32.2. The minimum atomic E-state index is 0.322. The van der Waals surface area contributed by atoms with E-state index in [0.29, 0.717) is 11.3 Å². The molecule has 2 heterocycles. The molecule has 0 saturated carbocycles. The lowest BCUT2D eigenvalue weighted by atomic mass is 10.1. The Balaban J connectivity index is 1.95. The predicted octanol–water partition coefficient (Wildman–Crippen LogP) is 1.87. The van der Waals surface area contributed by atoms with E-state index in [1.807, 2.05) is 29.7 Å². The number of thioether (sulfide) groups is 2. The van der Waals surface area contributed by atoms with Gasteiger partial charge in [0.05, 0.1) is 0 Å². The molecule has 0 radical (unpaired) electrons. The zero-order valence-corrected chi connectivity index (χ0v) is 12.4. The monoisotopic (exact) mass is 283 g/mol. The van der Waals surface area contributed by atoms with Gasteiger partial charge in [0.15, 0.2) is 0 Å². The summed E-state index contributed by atoms with van der Waals surface area (Å²) in [5, 5.41) is 0.599. The molecule has 100 valence electrons. The third-order valence-electron chi connectivity index (χ3n) is 3.23. The number of pyridine rings is 1. The van der Waals surface area contributed by atoms with Crippen molar-refractivity contribution >= 4 is 23.5 Å². The van der Waals surface area contributed by atoms with E-state index in [9.17, 15) is 0 Å². The topological polar surface area (TPSA) is 50.9 Å². The lowest BCUT2D eigenvalue weighted by Crippen LogP contribution is -2.46. The molecule has 0 spiro atoms. The van der Waals surface area contributed by atoms with Crippen LogP contribution in [0.25, 0.3) is 0 Å². The van der Waals surface area contributed by atoms with Crippen LogP contribution in [0.5, 0.6) is 0 Å². The smallest absolute Gasteiger partial charge is 0.0420 e. The Morgan fingerprint density at radius 1 is 1.50 bits per heavy atom. The molecule has 3 nitrogen and oxygen atoms in total. The normalized spacial score (nSPS) is 21.8. The molecule has 3 N–H and O–H groups in total. The van der Waals surface area contributed by atoms with E-state index in [2.05, 4.69) is 29.5 Å². The van der Waals surface area contributed by atoms with Crippen LogP contribution in [0.4, 0.5) is 0 Å². The summed E-state index contributed by atoms with van der Waals surface area (Å²) >= 11 is 4.06. The van der Waals surface area contributed by atoms with Gasteiger partial charge in [-0.1, -0.05) is 13.0 Å². The summed E-state index contributed by atoms with van der Waals surface area (Å²) in [6.07, 6.45) is 3.94. The maximum absolute atomic E-state index is 5.71. The Morgan fingerprint density at radius 3 is 2.94 bits per heavy atom. The summed E-state index contributed by atoms with van der Waals surface area (Å²) in [6.45, 7) is 2.15. The van der Waals surface area contributed by atoms with Crippen molar-refractivity contribution in [3.8, 4) is 0 Å². The van der Waals surface area contributed by atoms with E-state index in [1.54, 1.807) is 0 Å². The van der Waals surface area contributed by atoms with Crippen LogP contribution in [0.2, 0.25) is 0 Å². The van der Waals surface area contributed by atoms with Gasteiger partial charge >= 0.3 is 0 Å². The molecule has 0 amide bonds. The van der Waals surface area contributed by atoms with Gasteiger partial charge in [0, 0.05) is 46.9 Å². The third-order valence-corrected chi connectivity index (χ3v) is 6.15. The molecule has 2 rings (SSSR count). The van der Waals surface area contributed by atoms with Gasteiger partial charge in [0.2, 0.25) is 0 Å².